The summed E-state index contributed by atoms with van der Waals surface area (Å²) >= 11 is 0. The molecule has 0 aromatic carbocycles. The number of hydrogen-bond acceptors (Lipinski definition) is 4. The third kappa shape index (κ3) is 2.87. The Morgan fingerprint density at radius 1 is 1.69 bits per heavy atom. The first-order valence-corrected chi connectivity index (χ1v) is 3.75. The van der Waals surface area contributed by atoms with Crippen LogP contribution < -0.4 is 5.32 Å². The lowest BCUT2D eigenvalue weighted by Crippen LogP contribution is -2.54. The minimum Gasteiger partial charge on any atom is -0.465 e. The van der Waals surface area contributed by atoms with Gasteiger partial charge in [0.1, 0.15) is 0 Å². The number of carbonyl (C=O) groups is 2. The summed E-state index contributed by atoms with van der Waals surface area (Å²) in [5, 5.41) is 11.6. The van der Waals surface area contributed by atoms with Gasteiger partial charge in [0.15, 0.2) is 0 Å². The minimum absolute atomic E-state index is 0.0270. The van der Waals surface area contributed by atoms with Gasteiger partial charge in [0.25, 0.3) is 0 Å². The lowest BCUT2D eigenvalue weighted by molar-refractivity contribution is -0.168. The van der Waals surface area contributed by atoms with Crippen molar-refractivity contribution in [2.45, 2.75) is 19.1 Å². The van der Waals surface area contributed by atoms with Gasteiger partial charge in [-0.3, -0.25) is 4.79 Å². The summed E-state index contributed by atoms with van der Waals surface area (Å²) in [5.41, 5.74) is -1.96. The zero-order valence-corrected chi connectivity index (χ0v) is 7.66. The molecule has 0 saturated carbocycles. The highest BCUT2D eigenvalue weighted by Gasteiger charge is 2.36. The number of nitrogens with one attached hydrogen (secondary N) is 1. The van der Waals surface area contributed by atoms with Crippen molar-refractivity contribution >= 4 is 11.9 Å². The summed E-state index contributed by atoms with van der Waals surface area (Å²) in [6.45, 7) is 4.73. The molecular formula is C8H13NO4. The van der Waals surface area contributed by atoms with Crippen LogP contribution in [0.2, 0.25) is 0 Å². The molecule has 1 amide bonds. The first-order valence-electron chi connectivity index (χ1n) is 3.75. The Morgan fingerprint density at radius 2 is 2.23 bits per heavy atom. The summed E-state index contributed by atoms with van der Waals surface area (Å²) in [6, 6.07) is 0. The number of amides is 1. The van der Waals surface area contributed by atoms with Crippen LogP contribution in [0.4, 0.5) is 0 Å². The van der Waals surface area contributed by atoms with Gasteiger partial charge in [0.05, 0.1) is 7.11 Å². The molecule has 0 radical (unpaired) electrons. The maximum Gasteiger partial charge on any atom is 0.359 e. The first kappa shape index (κ1) is 11.6. The second-order valence-corrected chi connectivity index (χ2v) is 2.40. The van der Waals surface area contributed by atoms with Gasteiger partial charge in [0, 0.05) is 6.42 Å². The number of aliphatic hydroxyl groups is 1. The highest BCUT2D eigenvalue weighted by molar-refractivity contribution is 5.92. The fourth-order valence-corrected chi connectivity index (χ4v) is 0.707. The van der Waals surface area contributed by atoms with Crippen LogP contribution >= 0.6 is 0 Å². The number of methoxy groups -OCH3 is 1. The highest BCUT2D eigenvalue weighted by atomic mass is 16.5. The number of rotatable bonds is 4. The average molecular weight is 187 g/mol. The molecule has 0 saturated heterocycles. The van der Waals surface area contributed by atoms with Crippen LogP contribution in [0, 0.1) is 0 Å². The Balaban J connectivity index is 4.53. The third-order valence-corrected chi connectivity index (χ3v) is 1.55. The van der Waals surface area contributed by atoms with Crippen molar-refractivity contribution in [3.05, 3.63) is 12.7 Å². The molecule has 0 spiro atoms. The number of carbonyl (C=O) groups excluding carboxylic acids is 2. The molecule has 0 aliphatic rings. The monoisotopic (exact) mass is 187 g/mol. The van der Waals surface area contributed by atoms with Crippen LogP contribution in [-0.2, 0) is 14.3 Å². The fraction of sp³-hybridized carbons (Fsp3) is 0.500. The number of hydrogen-bond donors (Lipinski definition) is 2. The van der Waals surface area contributed by atoms with Crippen molar-refractivity contribution in [2.75, 3.05) is 7.11 Å². The molecule has 0 rings (SSSR count). The van der Waals surface area contributed by atoms with Crippen molar-refractivity contribution in [1.82, 2.24) is 5.32 Å². The maximum atomic E-state index is 11.0. The topological polar surface area (TPSA) is 75.6 Å². The summed E-state index contributed by atoms with van der Waals surface area (Å²) in [4.78, 5) is 21.8. The van der Waals surface area contributed by atoms with Gasteiger partial charge in [-0.2, -0.15) is 0 Å². The summed E-state index contributed by atoms with van der Waals surface area (Å²) in [7, 11) is 1.13. The van der Waals surface area contributed by atoms with E-state index >= 15 is 0 Å². The van der Waals surface area contributed by atoms with Gasteiger partial charge in [-0.25, -0.2) is 4.79 Å². The standard InChI is InChI=1S/C8H13NO4/c1-4-6(10)9-8(12,5-2)7(11)13-3/h4,12H,1,5H2,2-3H3,(H,9,10). The lowest BCUT2D eigenvalue weighted by Gasteiger charge is -2.23. The molecule has 0 fully saturated rings. The normalized spacial score (nSPS) is 14.1. The van der Waals surface area contributed by atoms with Gasteiger partial charge < -0.3 is 15.2 Å². The number of ether oxygens (including phenoxy) is 1. The van der Waals surface area contributed by atoms with Gasteiger partial charge in [-0.15, -0.1) is 0 Å². The molecule has 0 bridgehead atoms. The van der Waals surface area contributed by atoms with E-state index in [1.165, 1.54) is 0 Å². The molecule has 0 aromatic heterocycles. The molecule has 0 heterocycles. The summed E-state index contributed by atoms with van der Waals surface area (Å²) in [5.74, 6) is -1.53. The molecule has 0 aromatic rings. The highest BCUT2D eigenvalue weighted by Crippen LogP contribution is 2.07. The molecule has 5 heteroatoms. The predicted molar refractivity (Wildman–Crippen MR) is 45.6 cm³/mol. The van der Waals surface area contributed by atoms with E-state index in [0.717, 1.165) is 13.2 Å². The van der Waals surface area contributed by atoms with Gasteiger partial charge in [-0.1, -0.05) is 13.5 Å². The molecule has 0 aliphatic heterocycles. The summed E-state index contributed by atoms with van der Waals surface area (Å²) in [6.07, 6.45) is 0.989. The second-order valence-electron chi connectivity index (χ2n) is 2.40. The zero-order valence-electron chi connectivity index (χ0n) is 7.66. The van der Waals surface area contributed by atoms with Crippen LogP contribution in [0.1, 0.15) is 13.3 Å². The summed E-state index contributed by atoms with van der Waals surface area (Å²) < 4.78 is 4.31. The lowest BCUT2D eigenvalue weighted by atomic mass is 10.1. The molecular weight excluding hydrogens is 174 g/mol. The quantitative estimate of drug-likeness (QED) is 0.355. The van der Waals surface area contributed by atoms with E-state index in [0.29, 0.717) is 0 Å². The van der Waals surface area contributed by atoms with Gasteiger partial charge >= 0.3 is 5.97 Å². The van der Waals surface area contributed by atoms with Crippen LogP contribution in [0.25, 0.3) is 0 Å². The smallest absolute Gasteiger partial charge is 0.359 e. The predicted octanol–water partition coefficient (Wildman–Crippen LogP) is -0.440. The fourth-order valence-electron chi connectivity index (χ4n) is 0.707. The van der Waals surface area contributed by atoms with Crippen LogP contribution in [0.15, 0.2) is 12.7 Å². The van der Waals surface area contributed by atoms with Crippen LogP contribution in [0.3, 0.4) is 0 Å². The van der Waals surface area contributed by atoms with Crippen molar-refractivity contribution in [3.63, 3.8) is 0 Å². The Morgan fingerprint density at radius 3 is 2.54 bits per heavy atom. The Labute approximate surface area is 76.4 Å². The Hall–Kier alpha value is -1.36. The molecule has 1 atom stereocenters. The van der Waals surface area contributed by atoms with Crippen LogP contribution in [0.5, 0.6) is 0 Å². The van der Waals surface area contributed by atoms with E-state index in [1.807, 2.05) is 0 Å². The maximum absolute atomic E-state index is 11.0. The van der Waals surface area contributed by atoms with E-state index in [9.17, 15) is 14.7 Å². The number of esters is 1. The van der Waals surface area contributed by atoms with Crippen molar-refractivity contribution in [2.24, 2.45) is 0 Å². The van der Waals surface area contributed by atoms with Crippen molar-refractivity contribution in [1.29, 1.82) is 0 Å². The zero-order chi connectivity index (χ0) is 10.5. The molecule has 74 valence electrons. The second kappa shape index (κ2) is 4.61. The molecule has 2 N–H and O–H groups in total. The SMILES string of the molecule is C=CC(=O)NC(O)(CC)C(=O)OC. The molecule has 1 unspecified atom stereocenters. The van der Waals surface area contributed by atoms with E-state index in [4.69, 9.17) is 0 Å². The van der Waals surface area contributed by atoms with E-state index in [2.05, 4.69) is 16.6 Å². The Kier molecular flexibility index (Phi) is 4.13. The third-order valence-electron chi connectivity index (χ3n) is 1.55. The minimum atomic E-state index is -1.96. The van der Waals surface area contributed by atoms with Gasteiger partial charge in [-0.05, 0) is 6.08 Å². The first-order chi connectivity index (χ1) is 6.00. The van der Waals surface area contributed by atoms with Crippen molar-refractivity contribution < 1.29 is 19.4 Å². The van der Waals surface area contributed by atoms with E-state index < -0.39 is 17.6 Å². The van der Waals surface area contributed by atoms with E-state index in [1.54, 1.807) is 6.92 Å². The van der Waals surface area contributed by atoms with E-state index in [-0.39, 0.29) is 6.42 Å². The van der Waals surface area contributed by atoms with Gasteiger partial charge in [0.2, 0.25) is 11.6 Å². The van der Waals surface area contributed by atoms with Crippen molar-refractivity contribution in [3.8, 4) is 0 Å². The van der Waals surface area contributed by atoms with Crippen LogP contribution in [-0.4, -0.2) is 29.8 Å². The molecule has 0 aliphatic carbocycles. The molecule has 13 heavy (non-hydrogen) atoms. The molecule has 5 nitrogen and oxygen atoms in total. The largest absolute Gasteiger partial charge is 0.465 e. The average Bonchev–Trinajstić information content (AvgIpc) is 2.15. The Bertz CT molecular complexity index is 226.